The monoisotopic (exact) mass is 577 g/mol. The van der Waals surface area contributed by atoms with Gasteiger partial charge < -0.3 is 0 Å². The lowest BCUT2D eigenvalue weighted by Crippen LogP contribution is -2.08. The summed E-state index contributed by atoms with van der Waals surface area (Å²) in [5.74, 6) is 1.43. The molecule has 210 valence electrons. The summed E-state index contributed by atoms with van der Waals surface area (Å²) < 4.78 is 30.0. The minimum atomic E-state index is -2.27. The van der Waals surface area contributed by atoms with Gasteiger partial charge >= 0.3 is 0 Å². The number of hydrogen-bond donors (Lipinski definition) is 0. The van der Waals surface area contributed by atoms with Crippen LogP contribution in [0.4, 0.5) is 0 Å². The molecule has 2 heterocycles. The standard InChI is InChI=1S/C40H34N2S/c1-23(2)28-13-10-14-29(24(3)4)38(28)42-35-16-9-8-15-34(35)41-40(42)31-20-17-25(5)37-33-21-27-19-18-26-11-6-7-12-30(26)32(27)22-36(33)43-39(31)37/h6-24H,1-5H3/i5D3. The van der Waals surface area contributed by atoms with Crippen molar-refractivity contribution in [3.63, 3.8) is 0 Å². The van der Waals surface area contributed by atoms with E-state index in [1.165, 1.54) is 33.0 Å². The highest BCUT2D eigenvalue weighted by Gasteiger charge is 2.24. The van der Waals surface area contributed by atoms with Crippen molar-refractivity contribution >= 4 is 64.1 Å². The minimum absolute atomic E-state index is 0.298. The molecule has 8 rings (SSSR count). The first-order valence-corrected chi connectivity index (χ1v) is 15.9. The number of aromatic nitrogens is 2. The predicted octanol–water partition coefficient (Wildman–Crippen LogP) is 11.9. The van der Waals surface area contributed by atoms with E-state index < -0.39 is 6.85 Å². The van der Waals surface area contributed by atoms with Gasteiger partial charge in [-0.05, 0) is 87.3 Å². The highest BCUT2D eigenvalue weighted by atomic mass is 32.1. The molecule has 0 aliphatic carbocycles. The van der Waals surface area contributed by atoms with Crippen LogP contribution in [0.2, 0.25) is 0 Å². The fourth-order valence-corrected chi connectivity index (χ4v) is 8.02. The van der Waals surface area contributed by atoms with E-state index in [1.807, 2.05) is 18.2 Å². The van der Waals surface area contributed by atoms with Crippen molar-refractivity contribution in [2.75, 3.05) is 0 Å². The number of benzene rings is 6. The van der Waals surface area contributed by atoms with Crippen molar-refractivity contribution in [3.05, 3.63) is 120 Å². The molecule has 0 atom stereocenters. The maximum Gasteiger partial charge on any atom is 0.147 e. The smallest absolute Gasteiger partial charge is 0.147 e. The molecule has 0 N–H and O–H groups in total. The molecule has 43 heavy (non-hydrogen) atoms. The second kappa shape index (κ2) is 9.79. The molecule has 6 aromatic carbocycles. The van der Waals surface area contributed by atoms with Crippen molar-refractivity contribution in [1.29, 1.82) is 0 Å². The van der Waals surface area contributed by atoms with Gasteiger partial charge in [0.1, 0.15) is 5.82 Å². The Morgan fingerprint density at radius 3 is 2.23 bits per heavy atom. The summed E-state index contributed by atoms with van der Waals surface area (Å²) in [6.07, 6.45) is 0. The number of imidazole rings is 1. The predicted molar refractivity (Wildman–Crippen MR) is 187 cm³/mol. The van der Waals surface area contributed by atoms with Crippen molar-refractivity contribution in [3.8, 4) is 17.1 Å². The van der Waals surface area contributed by atoms with Crippen molar-refractivity contribution < 1.29 is 4.11 Å². The molecule has 0 bridgehead atoms. The second-order valence-electron chi connectivity index (χ2n) is 12.2. The van der Waals surface area contributed by atoms with E-state index in [9.17, 15) is 0 Å². The molecule has 2 nitrogen and oxygen atoms in total. The first kappa shape index (κ1) is 23.0. The van der Waals surface area contributed by atoms with E-state index in [2.05, 4.69) is 117 Å². The molecule has 0 aliphatic rings. The Hall–Kier alpha value is -4.47. The summed E-state index contributed by atoms with van der Waals surface area (Å²) in [7, 11) is 0. The average Bonchev–Trinajstić information content (AvgIpc) is 3.60. The molecule has 0 saturated carbocycles. The molecular weight excluding hydrogens is 541 g/mol. The van der Waals surface area contributed by atoms with Crippen molar-refractivity contribution in [1.82, 2.24) is 9.55 Å². The molecule has 0 fully saturated rings. The van der Waals surface area contributed by atoms with Crippen LogP contribution >= 0.6 is 11.3 Å². The van der Waals surface area contributed by atoms with E-state index in [0.717, 1.165) is 48.0 Å². The minimum Gasteiger partial charge on any atom is -0.292 e. The molecular formula is C40H34N2S. The molecule has 8 aromatic rings. The topological polar surface area (TPSA) is 17.8 Å². The van der Waals surface area contributed by atoms with E-state index in [4.69, 9.17) is 9.10 Å². The third kappa shape index (κ3) is 3.95. The number of rotatable bonds is 4. The van der Waals surface area contributed by atoms with Gasteiger partial charge in [0.05, 0.1) is 16.7 Å². The first-order valence-electron chi connectivity index (χ1n) is 16.5. The Morgan fingerprint density at radius 1 is 0.698 bits per heavy atom. The maximum atomic E-state index is 8.55. The quantitative estimate of drug-likeness (QED) is 0.190. The van der Waals surface area contributed by atoms with Gasteiger partial charge in [-0.15, -0.1) is 11.3 Å². The third-order valence-electron chi connectivity index (χ3n) is 8.85. The Bertz CT molecular complexity index is 2450. The molecule has 0 spiro atoms. The second-order valence-corrected chi connectivity index (χ2v) is 13.2. The Kier molecular flexibility index (Phi) is 5.25. The lowest BCUT2D eigenvalue weighted by Gasteiger charge is -2.22. The molecule has 0 saturated heterocycles. The van der Waals surface area contributed by atoms with E-state index in [1.54, 1.807) is 11.3 Å². The largest absolute Gasteiger partial charge is 0.292 e. The molecule has 3 heteroatoms. The fraction of sp³-hybridized carbons (Fsp3) is 0.175. The van der Waals surface area contributed by atoms with Crippen LogP contribution < -0.4 is 0 Å². The summed E-state index contributed by atoms with van der Waals surface area (Å²) >= 11 is 1.67. The lowest BCUT2D eigenvalue weighted by molar-refractivity contribution is 0.811. The molecule has 0 amide bonds. The maximum absolute atomic E-state index is 8.55. The number of fused-ring (bicyclic) bond motifs is 7. The van der Waals surface area contributed by atoms with Crippen LogP contribution in [0.25, 0.3) is 69.8 Å². The fourth-order valence-electron chi connectivity index (χ4n) is 6.76. The van der Waals surface area contributed by atoms with Crippen LogP contribution in [0.5, 0.6) is 0 Å². The van der Waals surface area contributed by atoms with Crippen LogP contribution in [0.15, 0.2) is 103 Å². The highest BCUT2D eigenvalue weighted by Crippen LogP contribution is 2.45. The summed E-state index contributed by atoms with van der Waals surface area (Å²) in [6, 6.07) is 35.9. The van der Waals surface area contributed by atoms with Crippen LogP contribution in [0.1, 0.15) is 60.3 Å². The highest BCUT2D eigenvalue weighted by molar-refractivity contribution is 7.26. The van der Waals surface area contributed by atoms with Gasteiger partial charge in [-0.25, -0.2) is 4.98 Å². The Balaban J connectivity index is 1.52. The zero-order valence-electron chi connectivity index (χ0n) is 27.8. The van der Waals surface area contributed by atoms with Crippen LogP contribution in [-0.4, -0.2) is 9.55 Å². The molecule has 0 unspecified atom stereocenters. The summed E-state index contributed by atoms with van der Waals surface area (Å²) in [5, 5.41) is 6.44. The average molecular weight is 578 g/mol. The van der Waals surface area contributed by atoms with Crippen molar-refractivity contribution in [2.45, 2.75) is 46.4 Å². The normalized spacial score (nSPS) is 13.6. The van der Waals surface area contributed by atoms with Gasteiger partial charge in [0.25, 0.3) is 0 Å². The summed E-state index contributed by atoms with van der Waals surface area (Å²) in [5.41, 5.74) is 6.98. The summed E-state index contributed by atoms with van der Waals surface area (Å²) in [6.45, 7) is 6.70. The van der Waals surface area contributed by atoms with Gasteiger partial charge in [0.2, 0.25) is 0 Å². The zero-order chi connectivity index (χ0) is 31.9. The SMILES string of the molecule is [2H]C([2H])([2H])c1ccc(-c2nc3ccccc3n2-c2c(C(C)C)cccc2C(C)C)c2sc3cc4c(ccc5ccccc54)cc3c12. The van der Waals surface area contributed by atoms with E-state index in [0.29, 0.717) is 17.4 Å². The Morgan fingerprint density at radius 2 is 1.44 bits per heavy atom. The number of thiophene rings is 1. The number of para-hydroxylation sites is 3. The van der Waals surface area contributed by atoms with Crippen LogP contribution in [0.3, 0.4) is 0 Å². The zero-order valence-corrected chi connectivity index (χ0v) is 25.6. The Labute approximate surface area is 260 Å². The van der Waals surface area contributed by atoms with Gasteiger partial charge in [-0.1, -0.05) is 100 Å². The number of hydrogen-bond acceptors (Lipinski definition) is 2. The van der Waals surface area contributed by atoms with E-state index in [-0.39, 0.29) is 0 Å². The van der Waals surface area contributed by atoms with Crippen LogP contribution in [-0.2, 0) is 0 Å². The van der Waals surface area contributed by atoms with Gasteiger partial charge in [0, 0.05) is 29.8 Å². The lowest BCUT2D eigenvalue weighted by atomic mass is 9.92. The first-order chi connectivity index (χ1) is 22.1. The molecule has 0 radical (unpaired) electrons. The molecule has 2 aromatic heterocycles. The third-order valence-corrected chi connectivity index (χ3v) is 10.0. The van der Waals surface area contributed by atoms with E-state index >= 15 is 0 Å². The van der Waals surface area contributed by atoms with Crippen LogP contribution in [0, 0.1) is 6.85 Å². The van der Waals surface area contributed by atoms with Gasteiger partial charge in [0.15, 0.2) is 0 Å². The molecule has 0 aliphatic heterocycles. The van der Waals surface area contributed by atoms with Gasteiger partial charge in [-0.3, -0.25) is 4.57 Å². The number of nitrogens with zero attached hydrogens (tertiary/aromatic N) is 2. The summed E-state index contributed by atoms with van der Waals surface area (Å²) in [4.78, 5) is 5.30. The van der Waals surface area contributed by atoms with Gasteiger partial charge in [-0.2, -0.15) is 0 Å². The number of aryl methyl sites for hydroxylation is 1. The van der Waals surface area contributed by atoms with Crippen molar-refractivity contribution in [2.24, 2.45) is 0 Å².